The fourth-order valence-corrected chi connectivity index (χ4v) is 6.52. The third-order valence-electron chi connectivity index (χ3n) is 5.40. The smallest absolute Gasteiger partial charge is 0.407 e. The van der Waals surface area contributed by atoms with Crippen molar-refractivity contribution in [3.05, 3.63) is 30.3 Å². The number of fused-ring (bicyclic) bond motifs is 5. The molecule has 2 bridgehead atoms. The van der Waals surface area contributed by atoms with Gasteiger partial charge in [0.15, 0.2) is 0 Å². The van der Waals surface area contributed by atoms with Crippen LogP contribution >= 0.6 is 0 Å². The fourth-order valence-electron chi connectivity index (χ4n) is 4.54. The molecule has 4 atom stereocenters. The summed E-state index contributed by atoms with van der Waals surface area (Å²) in [7, 11) is -3.49. The Bertz CT molecular complexity index is 686. The first-order valence-corrected chi connectivity index (χ1v) is 9.00. The van der Waals surface area contributed by atoms with Crippen LogP contribution in [-0.2, 0) is 10.0 Å². The molecule has 0 radical (unpaired) electrons. The van der Waals surface area contributed by atoms with Crippen molar-refractivity contribution in [1.29, 1.82) is 0 Å². The van der Waals surface area contributed by atoms with Crippen LogP contribution in [0.2, 0.25) is 0 Å². The van der Waals surface area contributed by atoms with E-state index >= 15 is 0 Å². The van der Waals surface area contributed by atoms with Crippen LogP contribution in [0.25, 0.3) is 0 Å². The van der Waals surface area contributed by atoms with Gasteiger partial charge in [0.1, 0.15) is 0 Å². The SMILES string of the molecule is O=C(O)N1C[C@@H]2[C@H](C1)[C@H]1CC[C@@H]2N1S(=O)(=O)c1ccccc1. The van der Waals surface area contributed by atoms with Crippen LogP contribution in [0, 0.1) is 11.8 Å². The lowest BCUT2D eigenvalue weighted by Gasteiger charge is -2.25. The number of carboxylic acid groups (broad SMARTS) is 1. The maximum Gasteiger partial charge on any atom is 0.407 e. The van der Waals surface area contributed by atoms with E-state index < -0.39 is 16.1 Å². The highest BCUT2D eigenvalue weighted by atomic mass is 32.2. The number of hydrogen-bond donors (Lipinski definition) is 1. The molecule has 118 valence electrons. The summed E-state index contributed by atoms with van der Waals surface area (Å²) >= 11 is 0. The van der Waals surface area contributed by atoms with E-state index in [0.717, 1.165) is 12.8 Å². The molecule has 0 saturated carbocycles. The van der Waals surface area contributed by atoms with Crippen molar-refractivity contribution in [3.8, 4) is 0 Å². The van der Waals surface area contributed by atoms with E-state index in [4.69, 9.17) is 5.11 Å². The summed E-state index contributed by atoms with van der Waals surface area (Å²) in [5.74, 6) is 0.293. The standard InChI is InChI=1S/C15H18N2O4S/c18-15(19)16-8-11-12(9-16)14-7-6-13(11)17(14)22(20,21)10-4-2-1-3-5-10/h1-5,11-14H,6-9H2,(H,18,19)/t11-,12+,13+,14-. The minimum absolute atomic E-state index is 0.0513. The lowest BCUT2D eigenvalue weighted by molar-refractivity contribution is 0.149. The predicted molar refractivity (Wildman–Crippen MR) is 78.9 cm³/mol. The van der Waals surface area contributed by atoms with Gasteiger partial charge in [-0.05, 0) is 36.8 Å². The van der Waals surface area contributed by atoms with Crippen molar-refractivity contribution in [2.75, 3.05) is 13.1 Å². The van der Waals surface area contributed by atoms with Gasteiger partial charge in [0.2, 0.25) is 10.0 Å². The summed E-state index contributed by atoms with van der Waals surface area (Å²) in [6.45, 7) is 0.921. The minimum atomic E-state index is -3.49. The molecule has 4 rings (SSSR count). The van der Waals surface area contributed by atoms with Gasteiger partial charge in [-0.1, -0.05) is 18.2 Å². The molecule has 3 heterocycles. The monoisotopic (exact) mass is 322 g/mol. The third-order valence-corrected chi connectivity index (χ3v) is 7.37. The molecule has 0 spiro atoms. The molecular weight excluding hydrogens is 304 g/mol. The van der Waals surface area contributed by atoms with E-state index in [9.17, 15) is 13.2 Å². The van der Waals surface area contributed by atoms with E-state index in [-0.39, 0.29) is 23.9 Å². The Hall–Kier alpha value is -1.60. The van der Waals surface area contributed by atoms with Gasteiger partial charge in [-0.3, -0.25) is 0 Å². The summed E-state index contributed by atoms with van der Waals surface area (Å²) in [4.78, 5) is 12.9. The van der Waals surface area contributed by atoms with Gasteiger partial charge >= 0.3 is 6.09 Å². The molecule has 1 amide bonds. The Morgan fingerprint density at radius 2 is 1.59 bits per heavy atom. The van der Waals surface area contributed by atoms with Crippen molar-refractivity contribution in [3.63, 3.8) is 0 Å². The molecule has 22 heavy (non-hydrogen) atoms. The number of benzene rings is 1. The lowest BCUT2D eigenvalue weighted by Crippen LogP contribution is -2.40. The number of nitrogens with zero attached hydrogens (tertiary/aromatic N) is 2. The van der Waals surface area contributed by atoms with Crippen LogP contribution in [0.1, 0.15) is 12.8 Å². The van der Waals surface area contributed by atoms with Gasteiger partial charge in [0.05, 0.1) is 4.90 Å². The van der Waals surface area contributed by atoms with E-state index in [1.54, 1.807) is 34.6 Å². The first-order chi connectivity index (χ1) is 10.5. The normalized spacial score (nSPS) is 34.1. The fraction of sp³-hybridized carbons (Fsp3) is 0.533. The molecular formula is C15H18N2O4S. The molecule has 3 saturated heterocycles. The van der Waals surface area contributed by atoms with Gasteiger partial charge in [0.25, 0.3) is 0 Å². The number of carbonyl (C=O) groups is 1. The number of likely N-dealkylation sites (tertiary alicyclic amines) is 1. The first-order valence-electron chi connectivity index (χ1n) is 7.56. The van der Waals surface area contributed by atoms with Crippen molar-refractivity contribution < 1.29 is 18.3 Å². The van der Waals surface area contributed by atoms with E-state index in [1.165, 1.54) is 4.90 Å². The molecule has 0 unspecified atom stereocenters. The molecule has 0 aromatic heterocycles. The van der Waals surface area contributed by atoms with E-state index in [1.807, 2.05) is 0 Å². The average molecular weight is 322 g/mol. The zero-order valence-electron chi connectivity index (χ0n) is 12.0. The average Bonchev–Trinajstić information content (AvgIpc) is 3.18. The van der Waals surface area contributed by atoms with Crippen LogP contribution in [0.3, 0.4) is 0 Å². The summed E-state index contributed by atoms with van der Waals surface area (Å²) in [6.07, 6.45) is 0.780. The number of amides is 1. The highest BCUT2D eigenvalue weighted by Gasteiger charge is 2.60. The second kappa shape index (κ2) is 4.70. The van der Waals surface area contributed by atoms with Crippen molar-refractivity contribution in [2.45, 2.75) is 29.8 Å². The number of sulfonamides is 1. The number of rotatable bonds is 2. The molecule has 1 aromatic rings. The Balaban J connectivity index is 1.66. The van der Waals surface area contributed by atoms with Crippen molar-refractivity contribution in [2.24, 2.45) is 11.8 Å². The number of hydrogen-bond acceptors (Lipinski definition) is 3. The quantitative estimate of drug-likeness (QED) is 0.894. The topological polar surface area (TPSA) is 77.9 Å². The highest BCUT2D eigenvalue weighted by Crippen LogP contribution is 2.51. The second-order valence-electron chi connectivity index (χ2n) is 6.38. The van der Waals surface area contributed by atoms with E-state index in [0.29, 0.717) is 18.0 Å². The van der Waals surface area contributed by atoms with Crippen LogP contribution in [-0.4, -0.2) is 54.0 Å². The maximum atomic E-state index is 12.9. The summed E-state index contributed by atoms with van der Waals surface area (Å²) < 4.78 is 27.6. The van der Waals surface area contributed by atoms with Crippen molar-refractivity contribution in [1.82, 2.24) is 9.21 Å². The minimum Gasteiger partial charge on any atom is -0.465 e. The van der Waals surface area contributed by atoms with Crippen LogP contribution in [0.5, 0.6) is 0 Å². The van der Waals surface area contributed by atoms with Gasteiger partial charge in [-0.25, -0.2) is 13.2 Å². The van der Waals surface area contributed by atoms with E-state index in [2.05, 4.69) is 0 Å². The van der Waals surface area contributed by atoms with Gasteiger partial charge in [-0.2, -0.15) is 4.31 Å². The Kier molecular flexibility index (Phi) is 2.99. The van der Waals surface area contributed by atoms with Crippen LogP contribution < -0.4 is 0 Å². The molecule has 3 aliphatic rings. The van der Waals surface area contributed by atoms with Gasteiger partial charge in [0, 0.05) is 25.2 Å². The Morgan fingerprint density at radius 3 is 2.09 bits per heavy atom. The third kappa shape index (κ3) is 1.82. The van der Waals surface area contributed by atoms with Gasteiger partial charge in [-0.15, -0.1) is 0 Å². The first kappa shape index (κ1) is 14.0. The Morgan fingerprint density at radius 1 is 1.05 bits per heavy atom. The summed E-state index contributed by atoms with van der Waals surface area (Å²) in [5.41, 5.74) is 0. The molecule has 1 N–H and O–H groups in total. The van der Waals surface area contributed by atoms with Crippen LogP contribution in [0.4, 0.5) is 4.79 Å². The Labute approximate surface area is 129 Å². The second-order valence-corrected chi connectivity index (χ2v) is 8.22. The molecule has 7 heteroatoms. The van der Waals surface area contributed by atoms with Crippen molar-refractivity contribution >= 4 is 16.1 Å². The molecule has 0 aliphatic carbocycles. The lowest BCUT2D eigenvalue weighted by atomic mass is 9.82. The zero-order chi connectivity index (χ0) is 15.5. The highest BCUT2D eigenvalue weighted by molar-refractivity contribution is 7.89. The van der Waals surface area contributed by atoms with Gasteiger partial charge < -0.3 is 10.0 Å². The molecule has 3 aliphatic heterocycles. The molecule has 3 fully saturated rings. The largest absolute Gasteiger partial charge is 0.465 e. The summed E-state index contributed by atoms with van der Waals surface area (Å²) in [6, 6.07) is 8.43. The predicted octanol–water partition coefficient (Wildman–Crippen LogP) is 1.45. The van der Waals surface area contributed by atoms with Crippen LogP contribution in [0.15, 0.2) is 35.2 Å². The maximum absolute atomic E-state index is 12.9. The molecule has 6 nitrogen and oxygen atoms in total. The summed E-state index contributed by atoms with van der Waals surface area (Å²) in [5, 5.41) is 9.16. The zero-order valence-corrected chi connectivity index (χ0v) is 12.8. The molecule has 1 aromatic carbocycles.